The maximum atomic E-state index is 11.8. The van der Waals surface area contributed by atoms with E-state index in [1.807, 2.05) is 6.08 Å². The number of allylic oxidation sites excluding steroid dienone is 7. The molecule has 0 unspecified atom stereocenters. The van der Waals surface area contributed by atoms with Crippen molar-refractivity contribution in [1.29, 1.82) is 0 Å². The summed E-state index contributed by atoms with van der Waals surface area (Å²) < 4.78 is 21.7. The highest BCUT2D eigenvalue weighted by molar-refractivity contribution is 7.70. The van der Waals surface area contributed by atoms with Crippen molar-refractivity contribution in [1.82, 2.24) is 0 Å². The van der Waals surface area contributed by atoms with Gasteiger partial charge in [-0.3, -0.25) is 4.79 Å². The van der Waals surface area contributed by atoms with E-state index in [9.17, 15) is 13.2 Å². The number of ketones is 1. The minimum atomic E-state index is -2.31. The maximum Gasteiger partial charge on any atom is 0.268 e. The first kappa shape index (κ1) is 16.6. The van der Waals surface area contributed by atoms with Gasteiger partial charge in [-0.2, -0.15) is 8.42 Å². The van der Waals surface area contributed by atoms with Crippen LogP contribution < -0.4 is 0 Å². The summed E-state index contributed by atoms with van der Waals surface area (Å²) in [5.74, 6) is 1.11. The van der Waals surface area contributed by atoms with Gasteiger partial charge in [-0.25, -0.2) is 0 Å². The van der Waals surface area contributed by atoms with Crippen LogP contribution in [-0.2, 0) is 15.1 Å². The monoisotopic (exact) mass is 354 g/mol. The lowest BCUT2D eigenvalue weighted by molar-refractivity contribution is -0.110. The van der Waals surface area contributed by atoms with Crippen LogP contribution in [-0.4, -0.2) is 19.2 Å². The predicted octanol–water partition coefficient (Wildman–Crippen LogP) is 3.58. The van der Waals surface area contributed by atoms with Crippen molar-refractivity contribution in [3.05, 3.63) is 46.8 Å². The topological polar surface area (TPSA) is 51.2 Å². The van der Waals surface area contributed by atoms with Gasteiger partial charge in [0.25, 0.3) is 10.3 Å². The van der Waals surface area contributed by atoms with E-state index in [0.29, 0.717) is 11.8 Å². The minimum absolute atomic E-state index is 0.0215. The number of carbonyl (C=O) groups excluding carboxylic acids is 1. The molecule has 4 heteroatoms. The third-order valence-corrected chi connectivity index (χ3v) is 7.29. The summed E-state index contributed by atoms with van der Waals surface area (Å²) in [5.41, 5.74) is 6.60. The molecule has 0 aliphatic heterocycles. The zero-order valence-electron chi connectivity index (χ0n) is 14.6. The third kappa shape index (κ3) is 2.40. The Kier molecular flexibility index (Phi) is 3.70. The summed E-state index contributed by atoms with van der Waals surface area (Å²) in [6, 6.07) is 0. The molecule has 0 radical (unpaired) electrons. The maximum absolute atomic E-state index is 11.8. The molecular weight excluding hydrogens is 332 g/mol. The van der Waals surface area contributed by atoms with Gasteiger partial charge in [0.2, 0.25) is 0 Å². The van der Waals surface area contributed by atoms with Gasteiger partial charge in [-0.1, -0.05) is 36.0 Å². The zero-order chi connectivity index (χ0) is 17.8. The number of hydrogen-bond acceptors (Lipinski definition) is 3. The lowest BCUT2D eigenvalue weighted by atomic mass is 9.53. The first-order valence-electron chi connectivity index (χ1n) is 8.96. The van der Waals surface area contributed by atoms with E-state index in [1.165, 1.54) is 11.1 Å². The molecule has 0 spiro atoms. The Hall–Kier alpha value is -1.86. The van der Waals surface area contributed by atoms with E-state index in [2.05, 4.69) is 36.8 Å². The fraction of sp³-hybridized carbons (Fsp3) is 0.524. The Morgan fingerprint density at radius 3 is 2.76 bits per heavy atom. The standard InChI is InChI=1S/C21H22O3S/c1-20-11-8-19-17(18(20)6-4-14(20)9-12-25(23)24)5-3-15-13-16(22)7-10-21(15,19)2/h7-8,10,13,17-18H,3-6,11H2,1-2H3/t17-,18-,20+,21-/m0/s1. The van der Waals surface area contributed by atoms with Gasteiger partial charge in [0.15, 0.2) is 5.78 Å². The van der Waals surface area contributed by atoms with Crippen LogP contribution in [0.4, 0.5) is 0 Å². The van der Waals surface area contributed by atoms with Crippen LogP contribution in [0.1, 0.15) is 46.0 Å². The summed E-state index contributed by atoms with van der Waals surface area (Å²) in [6.45, 7) is 4.49. The molecule has 4 aliphatic rings. The second-order valence-electron chi connectivity index (χ2n) is 8.12. The second-order valence-corrected chi connectivity index (χ2v) is 8.79. The predicted molar refractivity (Wildman–Crippen MR) is 97.5 cm³/mol. The van der Waals surface area contributed by atoms with Gasteiger partial charge in [0, 0.05) is 10.8 Å². The number of carbonyl (C=O) groups is 1. The fourth-order valence-electron chi connectivity index (χ4n) is 5.65. The highest BCUT2D eigenvalue weighted by Gasteiger charge is 2.53. The Labute approximate surface area is 150 Å². The summed E-state index contributed by atoms with van der Waals surface area (Å²) in [4.78, 5) is 11.8. The van der Waals surface area contributed by atoms with Crippen molar-refractivity contribution in [3.63, 3.8) is 0 Å². The van der Waals surface area contributed by atoms with Crippen LogP contribution in [0.3, 0.4) is 0 Å². The van der Waals surface area contributed by atoms with Gasteiger partial charge < -0.3 is 0 Å². The molecule has 0 aromatic carbocycles. The minimum Gasteiger partial charge on any atom is -0.290 e. The Balaban J connectivity index is 1.81. The molecule has 4 rings (SSSR count). The molecular formula is C21H22O3S. The van der Waals surface area contributed by atoms with E-state index < -0.39 is 10.3 Å². The molecule has 0 bridgehead atoms. The Bertz CT molecular complexity index is 957. The summed E-state index contributed by atoms with van der Waals surface area (Å²) in [6.07, 6.45) is 12.9. The second kappa shape index (κ2) is 5.57. The lowest BCUT2D eigenvalue weighted by Gasteiger charge is -2.51. The number of rotatable bonds is 0. The van der Waals surface area contributed by atoms with E-state index in [1.54, 1.807) is 6.08 Å². The average Bonchev–Trinajstić information content (AvgIpc) is 2.90. The average molecular weight is 354 g/mol. The van der Waals surface area contributed by atoms with Crippen LogP contribution in [0.2, 0.25) is 0 Å². The summed E-state index contributed by atoms with van der Waals surface area (Å²) >= 11 is 0. The first-order valence-corrected chi connectivity index (χ1v) is 10.0. The SMILES string of the molecule is C[C@]12C=CC(=O)C=C1CC[C@@H]1C2=CC[C@]2(C)C(=C=C=S(=O)=O)CC[C@@H]12. The summed E-state index contributed by atoms with van der Waals surface area (Å²) in [7, 11) is -2.31. The first-order chi connectivity index (χ1) is 11.8. The highest BCUT2D eigenvalue weighted by Crippen LogP contribution is 2.63. The van der Waals surface area contributed by atoms with Crippen LogP contribution in [0.15, 0.2) is 46.8 Å². The molecule has 0 N–H and O–H groups in total. The van der Waals surface area contributed by atoms with E-state index in [4.69, 9.17) is 0 Å². The van der Waals surface area contributed by atoms with Gasteiger partial charge in [-0.15, -0.1) is 0 Å². The van der Waals surface area contributed by atoms with Gasteiger partial charge in [-0.05, 0) is 68.6 Å². The lowest BCUT2D eigenvalue weighted by Crippen LogP contribution is -2.42. The molecule has 0 aromatic rings. The molecule has 3 nitrogen and oxygen atoms in total. The molecule has 25 heavy (non-hydrogen) atoms. The zero-order valence-corrected chi connectivity index (χ0v) is 15.4. The largest absolute Gasteiger partial charge is 0.290 e. The quantitative estimate of drug-likeness (QED) is 0.380. The fourth-order valence-corrected chi connectivity index (χ4v) is 5.86. The molecule has 130 valence electrons. The van der Waals surface area contributed by atoms with Crippen molar-refractivity contribution in [2.24, 2.45) is 22.7 Å². The Morgan fingerprint density at radius 2 is 2.00 bits per heavy atom. The smallest absolute Gasteiger partial charge is 0.268 e. The van der Waals surface area contributed by atoms with E-state index in [0.717, 1.165) is 37.7 Å². The van der Waals surface area contributed by atoms with Crippen LogP contribution in [0.5, 0.6) is 0 Å². The molecule has 4 aliphatic carbocycles. The summed E-state index contributed by atoms with van der Waals surface area (Å²) in [5, 5.41) is 2.33. The molecule has 0 amide bonds. The van der Waals surface area contributed by atoms with Gasteiger partial charge in [0.1, 0.15) is 0 Å². The normalized spacial score (nSPS) is 38.6. The van der Waals surface area contributed by atoms with Crippen molar-refractivity contribution >= 4 is 21.1 Å². The van der Waals surface area contributed by atoms with Crippen molar-refractivity contribution in [2.75, 3.05) is 0 Å². The molecule has 2 saturated carbocycles. The van der Waals surface area contributed by atoms with Crippen molar-refractivity contribution in [3.8, 4) is 0 Å². The third-order valence-electron chi connectivity index (χ3n) is 7.02. The van der Waals surface area contributed by atoms with Crippen molar-refractivity contribution < 1.29 is 13.2 Å². The molecule has 4 atom stereocenters. The molecule has 0 saturated heterocycles. The van der Waals surface area contributed by atoms with E-state index in [-0.39, 0.29) is 16.6 Å². The Morgan fingerprint density at radius 1 is 1.20 bits per heavy atom. The van der Waals surface area contributed by atoms with Crippen LogP contribution in [0.25, 0.3) is 0 Å². The van der Waals surface area contributed by atoms with E-state index >= 15 is 0 Å². The van der Waals surface area contributed by atoms with Crippen LogP contribution in [0, 0.1) is 22.7 Å². The van der Waals surface area contributed by atoms with Crippen LogP contribution >= 0.6 is 0 Å². The molecule has 2 fully saturated rings. The van der Waals surface area contributed by atoms with Gasteiger partial charge >= 0.3 is 0 Å². The highest BCUT2D eigenvalue weighted by atomic mass is 32.2. The van der Waals surface area contributed by atoms with Gasteiger partial charge in [0.05, 0.1) is 5.02 Å². The van der Waals surface area contributed by atoms with Crippen molar-refractivity contribution in [2.45, 2.75) is 46.0 Å². The number of fused-ring (bicyclic) bond motifs is 5. The number of hydrogen-bond donors (Lipinski definition) is 0. The molecule has 0 aromatic heterocycles. The molecule has 0 heterocycles.